The van der Waals surface area contributed by atoms with E-state index < -0.39 is 23.9 Å². The molecule has 1 saturated heterocycles. The highest BCUT2D eigenvalue weighted by molar-refractivity contribution is 5.99. The Labute approximate surface area is 232 Å². The third-order valence-corrected chi connectivity index (χ3v) is 7.62. The Balaban J connectivity index is 1.27. The van der Waals surface area contributed by atoms with Gasteiger partial charge in [0, 0.05) is 47.6 Å². The number of nitrogens with zero attached hydrogens (tertiary/aromatic N) is 3. The highest BCUT2D eigenvalue weighted by Crippen LogP contribution is 2.39. The molecule has 1 N–H and O–H groups in total. The van der Waals surface area contributed by atoms with Crippen LogP contribution in [0.4, 0.5) is 9.18 Å². The monoisotopic (exact) mass is 546 g/mol. The van der Waals surface area contributed by atoms with Gasteiger partial charge in [-0.2, -0.15) is 0 Å². The fraction of sp³-hybridized carbons (Fsp3) is 0.452. The lowest BCUT2D eigenvalue weighted by Crippen LogP contribution is -2.54. The van der Waals surface area contributed by atoms with Crippen molar-refractivity contribution in [2.45, 2.75) is 71.3 Å². The molecule has 1 saturated carbocycles. The maximum atomic E-state index is 14.7. The number of halogens is 1. The van der Waals surface area contributed by atoms with Gasteiger partial charge in [-0.1, -0.05) is 6.07 Å². The van der Waals surface area contributed by atoms with Crippen LogP contribution in [0.2, 0.25) is 0 Å². The van der Waals surface area contributed by atoms with Gasteiger partial charge in [0.05, 0.1) is 18.3 Å². The second kappa shape index (κ2) is 9.94. The fourth-order valence-corrected chi connectivity index (χ4v) is 5.59. The Morgan fingerprint density at radius 2 is 1.98 bits per heavy atom. The van der Waals surface area contributed by atoms with Crippen LogP contribution >= 0.6 is 0 Å². The number of benzene rings is 1. The van der Waals surface area contributed by atoms with Crippen LogP contribution in [0.25, 0.3) is 33.5 Å². The Bertz CT molecular complexity index is 1600. The van der Waals surface area contributed by atoms with Gasteiger partial charge < -0.3 is 23.9 Å². The van der Waals surface area contributed by atoms with Crippen molar-refractivity contribution in [2.24, 2.45) is 5.92 Å². The molecule has 9 heteroatoms. The molecular weight excluding hydrogens is 511 g/mol. The number of alkyl carbamates (subject to hydrolysis) is 1. The van der Waals surface area contributed by atoms with Crippen molar-refractivity contribution in [1.29, 1.82) is 0 Å². The van der Waals surface area contributed by atoms with Crippen molar-refractivity contribution in [1.82, 2.24) is 19.8 Å². The minimum Gasteiger partial charge on any atom is -0.454 e. The molecule has 1 aliphatic carbocycles. The van der Waals surface area contributed by atoms with Gasteiger partial charge in [-0.15, -0.1) is 0 Å². The first-order valence-corrected chi connectivity index (χ1v) is 14.0. The van der Waals surface area contributed by atoms with Gasteiger partial charge >= 0.3 is 6.09 Å². The van der Waals surface area contributed by atoms with E-state index in [0.29, 0.717) is 17.1 Å². The summed E-state index contributed by atoms with van der Waals surface area (Å²) < 4.78 is 28.6. The molecule has 40 heavy (non-hydrogen) atoms. The van der Waals surface area contributed by atoms with Crippen molar-refractivity contribution in [3.05, 3.63) is 53.7 Å². The van der Waals surface area contributed by atoms with E-state index in [1.165, 1.54) is 17.7 Å². The number of carbonyl (C=O) groups is 2. The zero-order valence-corrected chi connectivity index (χ0v) is 23.4. The quantitative estimate of drug-likeness (QED) is 0.320. The van der Waals surface area contributed by atoms with Crippen LogP contribution < -0.4 is 5.32 Å². The number of aryl methyl sites for hydroxylation is 1. The predicted molar refractivity (Wildman–Crippen MR) is 151 cm³/mol. The number of fused-ring (bicyclic) bond motifs is 2. The molecule has 0 bridgehead atoms. The molecule has 0 spiro atoms. The number of furan rings is 1. The molecule has 2 fully saturated rings. The highest BCUT2D eigenvalue weighted by atomic mass is 19.1. The Morgan fingerprint density at radius 3 is 2.73 bits per heavy atom. The number of aromatic nitrogens is 2. The molecule has 2 atom stereocenters. The normalized spacial score (nSPS) is 19.8. The van der Waals surface area contributed by atoms with Gasteiger partial charge in [0.1, 0.15) is 23.0 Å². The summed E-state index contributed by atoms with van der Waals surface area (Å²) in [5.74, 6) is 1.12. The summed E-state index contributed by atoms with van der Waals surface area (Å²) in [4.78, 5) is 31.8. The number of hydrogen-bond donors (Lipinski definition) is 1. The number of ether oxygens (including phenoxy) is 1. The Hall–Kier alpha value is -3.88. The van der Waals surface area contributed by atoms with Gasteiger partial charge in [0.25, 0.3) is 5.91 Å². The first-order valence-electron chi connectivity index (χ1n) is 14.0. The molecule has 1 aromatic carbocycles. The van der Waals surface area contributed by atoms with Crippen LogP contribution in [0.1, 0.15) is 56.0 Å². The first-order chi connectivity index (χ1) is 19.1. The van der Waals surface area contributed by atoms with E-state index in [2.05, 4.69) is 27.0 Å². The molecule has 1 aliphatic heterocycles. The minimum absolute atomic E-state index is 0.0277. The summed E-state index contributed by atoms with van der Waals surface area (Å²) >= 11 is 0. The van der Waals surface area contributed by atoms with Crippen molar-refractivity contribution in [2.75, 3.05) is 13.1 Å². The topological polar surface area (TPSA) is 89.6 Å². The van der Waals surface area contributed by atoms with E-state index in [0.717, 1.165) is 40.0 Å². The molecule has 4 heterocycles. The smallest absolute Gasteiger partial charge is 0.407 e. The molecule has 2 amide bonds. The van der Waals surface area contributed by atoms with E-state index in [9.17, 15) is 14.0 Å². The summed E-state index contributed by atoms with van der Waals surface area (Å²) in [5, 5.41) is 4.70. The maximum Gasteiger partial charge on any atom is 0.407 e. The van der Waals surface area contributed by atoms with Gasteiger partial charge in [-0.05, 0) is 76.8 Å². The number of pyridine rings is 1. The molecule has 3 aromatic heterocycles. The van der Waals surface area contributed by atoms with E-state index in [1.54, 1.807) is 32.9 Å². The zero-order chi connectivity index (χ0) is 28.2. The van der Waals surface area contributed by atoms with Crippen molar-refractivity contribution >= 4 is 34.0 Å². The maximum absolute atomic E-state index is 14.7. The molecule has 6 rings (SSSR count). The van der Waals surface area contributed by atoms with Crippen LogP contribution in [-0.4, -0.2) is 57.4 Å². The zero-order valence-electron chi connectivity index (χ0n) is 23.4. The number of alkyl halides is 1. The molecule has 8 nitrogen and oxygen atoms in total. The third kappa shape index (κ3) is 5.29. The second-order valence-electron chi connectivity index (χ2n) is 12.2. The molecule has 2 aliphatic rings. The van der Waals surface area contributed by atoms with Gasteiger partial charge in [0.15, 0.2) is 5.76 Å². The summed E-state index contributed by atoms with van der Waals surface area (Å²) in [6.45, 7) is 8.40. The highest BCUT2D eigenvalue weighted by Gasteiger charge is 2.33. The Morgan fingerprint density at radius 1 is 1.18 bits per heavy atom. The number of carbonyl (C=O) groups excluding carboxylic acids is 2. The average molecular weight is 547 g/mol. The van der Waals surface area contributed by atoms with Crippen LogP contribution in [0.5, 0.6) is 0 Å². The van der Waals surface area contributed by atoms with Crippen molar-refractivity contribution < 1.29 is 23.1 Å². The van der Waals surface area contributed by atoms with E-state index in [-0.39, 0.29) is 25.4 Å². The first kappa shape index (κ1) is 26.3. The van der Waals surface area contributed by atoms with Crippen LogP contribution in [0.15, 0.2) is 47.0 Å². The van der Waals surface area contributed by atoms with E-state index >= 15 is 0 Å². The number of amides is 2. The lowest BCUT2D eigenvalue weighted by atomic mass is 10.0. The Kier molecular flexibility index (Phi) is 6.55. The van der Waals surface area contributed by atoms with Crippen molar-refractivity contribution in [3.8, 4) is 11.5 Å². The SMILES string of the molecule is Cc1c(-c2cc3cccnc3n2CC2CC2)oc2cc(C(=O)N3C[C@H](F)C[C@@H](NC(=O)OC(C)(C)C)C3)ccc12. The van der Waals surface area contributed by atoms with Gasteiger partial charge in [-0.25, -0.2) is 14.2 Å². The average Bonchev–Trinajstić information content (AvgIpc) is 3.56. The predicted octanol–water partition coefficient (Wildman–Crippen LogP) is 6.25. The molecule has 4 aromatic rings. The molecule has 0 radical (unpaired) electrons. The van der Waals surface area contributed by atoms with Crippen LogP contribution in [0.3, 0.4) is 0 Å². The van der Waals surface area contributed by atoms with Crippen LogP contribution in [-0.2, 0) is 11.3 Å². The molecule has 0 unspecified atom stereocenters. The molecular formula is C31H35FN4O4. The largest absolute Gasteiger partial charge is 0.454 e. The van der Waals surface area contributed by atoms with E-state index in [4.69, 9.17) is 9.15 Å². The number of hydrogen-bond acceptors (Lipinski definition) is 5. The number of rotatable bonds is 5. The van der Waals surface area contributed by atoms with E-state index in [1.807, 2.05) is 25.3 Å². The summed E-state index contributed by atoms with van der Waals surface area (Å²) in [6, 6.07) is 11.0. The standard InChI is InChI=1S/C31H35FN4O4/c1-18-24-10-9-21(29(37)35-16-22(32)14-23(17-35)34-30(38)40-31(2,3)4)13-26(24)39-27(18)25-12-20-6-5-11-33-28(20)36(25)15-19-7-8-19/h5-6,9-13,19,22-23H,7-8,14-17H2,1-4H3,(H,34,38)/t22-,23-/m1/s1. The number of piperidine rings is 1. The summed E-state index contributed by atoms with van der Waals surface area (Å²) in [6.07, 6.45) is 2.53. The van der Waals surface area contributed by atoms with Gasteiger partial charge in [-0.3, -0.25) is 4.79 Å². The van der Waals surface area contributed by atoms with Crippen molar-refractivity contribution in [3.63, 3.8) is 0 Å². The number of likely N-dealkylation sites (tertiary alicyclic amines) is 1. The molecule has 210 valence electrons. The third-order valence-electron chi connectivity index (χ3n) is 7.62. The lowest BCUT2D eigenvalue weighted by molar-refractivity contribution is 0.0395. The number of nitrogens with one attached hydrogen (secondary N) is 1. The summed E-state index contributed by atoms with van der Waals surface area (Å²) in [5.41, 5.74) is 3.28. The fourth-order valence-electron chi connectivity index (χ4n) is 5.59. The van der Waals surface area contributed by atoms with Gasteiger partial charge in [0.2, 0.25) is 0 Å². The second-order valence-corrected chi connectivity index (χ2v) is 12.2. The lowest BCUT2D eigenvalue weighted by Gasteiger charge is -2.35. The minimum atomic E-state index is -1.25. The summed E-state index contributed by atoms with van der Waals surface area (Å²) in [7, 11) is 0. The van der Waals surface area contributed by atoms with Crippen LogP contribution in [0, 0.1) is 12.8 Å².